The molecular formula is C20H26N4. The van der Waals surface area contributed by atoms with E-state index in [2.05, 4.69) is 57.1 Å². The molecule has 0 bridgehead atoms. The number of hydrogen-bond acceptors (Lipinski definition) is 4. The molecule has 1 aromatic heterocycles. The normalized spacial score (nSPS) is 15.3. The molecule has 2 heterocycles. The average Bonchev–Trinajstić information content (AvgIpc) is 2.61. The molecule has 0 radical (unpaired) electrons. The average molecular weight is 322 g/mol. The number of nitrogens with one attached hydrogen (secondary N) is 1. The summed E-state index contributed by atoms with van der Waals surface area (Å²) in [6.07, 6.45) is 5.41. The van der Waals surface area contributed by atoms with E-state index >= 15 is 0 Å². The minimum absolute atomic E-state index is 0.717. The van der Waals surface area contributed by atoms with E-state index in [0.717, 1.165) is 43.0 Å². The first-order valence-electron chi connectivity index (χ1n) is 8.74. The number of anilines is 2. The maximum Gasteiger partial charge on any atom is 0.227 e. The van der Waals surface area contributed by atoms with Crippen LogP contribution >= 0.6 is 0 Å². The van der Waals surface area contributed by atoms with Crippen LogP contribution in [0.25, 0.3) is 0 Å². The van der Waals surface area contributed by atoms with Crippen LogP contribution in [0.5, 0.6) is 0 Å². The summed E-state index contributed by atoms with van der Waals surface area (Å²) in [5, 5.41) is 3.26. The van der Waals surface area contributed by atoms with Gasteiger partial charge in [-0.05, 0) is 37.7 Å². The van der Waals surface area contributed by atoms with Crippen molar-refractivity contribution in [2.24, 2.45) is 5.92 Å². The van der Waals surface area contributed by atoms with Crippen LogP contribution in [-0.2, 0) is 6.42 Å². The van der Waals surface area contributed by atoms with Gasteiger partial charge in [-0.25, -0.2) is 4.98 Å². The standard InChI is InChI=1S/C20H26N4/c1-3-11-21-19-14-16(2)22-20(23-19)24-12-9-18(10-13-24)15-17-7-5-4-6-8-17/h3-8,14,18H,1,9-13,15H2,2H3,(H,21,22,23). The second-order valence-electron chi connectivity index (χ2n) is 6.48. The summed E-state index contributed by atoms with van der Waals surface area (Å²) in [5.74, 6) is 2.48. The quantitative estimate of drug-likeness (QED) is 0.820. The van der Waals surface area contributed by atoms with E-state index in [9.17, 15) is 0 Å². The molecule has 4 nitrogen and oxygen atoms in total. The van der Waals surface area contributed by atoms with Crippen molar-refractivity contribution in [1.29, 1.82) is 0 Å². The fourth-order valence-corrected chi connectivity index (χ4v) is 3.25. The molecule has 4 heteroatoms. The van der Waals surface area contributed by atoms with Crippen molar-refractivity contribution in [1.82, 2.24) is 9.97 Å². The number of aromatic nitrogens is 2. The molecule has 0 unspecified atom stereocenters. The van der Waals surface area contributed by atoms with E-state index in [-0.39, 0.29) is 0 Å². The molecular weight excluding hydrogens is 296 g/mol. The number of hydrogen-bond donors (Lipinski definition) is 1. The zero-order valence-corrected chi connectivity index (χ0v) is 14.4. The maximum atomic E-state index is 4.66. The predicted molar refractivity (Wildman–Crippen MR) is 101 cm³/mol. The zero-order chi connectivity index (χ0) is 16.8. The Morgan fingerprint density at radius 1 is 1.21 bits per heavy atom. The van der Waals surface area contributed by atoms with Crippen LogP contribution in [0.4, 0.5) is 11.8 Å². The maximum absolute atomic E-state index is 4.66. The van der Waals surface area contributed by atoms with Gasteiger partial charge in [-0.15, -0.1) is 6.58 Å². The van der Waals surface area contributed by atoms with Gasteiger partial charge in [0, 0.05) is 31.4 Å². The molecule has 0 amide bonds. The second kappa shape index (κ2) is 7.95. The summed E-state index contributed by atoms with van der Waals surface area (Å²) in [5.41, 5.74) is 2.44. The Balaban J connectivity index is 1.60. The summed E-state index contributed by atoms with van der Waals surface area (Å²) in [6, 6.07) is 12.8. The topological polar surface area (TPSA) is 41.1 Å². The molecule has 0 aliphatic carbocycles. The Hall–Kier alpha value is -2.36. The molecule has 24 heavy (non-hydrogen) atoms. The summed E-state index contributed by atoms with van der Waals surface area (Å²) < 4.78 is 0. The number of rotatable bonds is 6. The highest BCUT2D eigenvalue weighted by Gasteiger charge is 2.21. The van der Waals surface area contributed by atoms with E-state index in [0.29, 0.717) is 0 Å². The number of nitrogens with zero attached hydrogens (tertiary/aromatic N) is 3. The second-order valence-corrected chi connectivity index (χ2v) is 6.48. The van der Waals surface area contributed by atoms with Gasteiger partial charge in [0.2, 0.25) is 5.95 Å². The monoisotopic (exact) mass is 322 g/mol. The van der Waals surface area contributed by atoms with Gasteiger partial charge < -0.3 is 10.2 Å². The Morgan fingerprint density at radius 2 is 1.96 bits per heavy atom. The minimum atomic E-state index is 0.717. The highest BCUT2D eigenvalue weighted by molar-refractivity contribution is 5.44. The first-order valence-corrected chi connectivity index (χ1v) is 8.74. The molecule has 126 valence electrons. The van der Waals surface area contributed by atoms with Crippen LogP contribution in [0.3, 0.4) is 0 Å². The lowest BCUT2D eigenvalue weighted by atomic mass is 9.90. The van der Waals surface area contributed by atoms with E-state index < -0.39 is 0 Å². The molecule has 0 spiro atoms. The number of benzene rings is 1. The van der Waals surface area contributed by atoms with Crippen molar-refractivity contribution >= 4 is 11.8 Å². The van der Waals surface area contributed by atoms with Crippen molar-refractivity contribution in [2.45, 2.75) is 26.2 Å². The van der Waals surface area contributed by atoms with Crippen LogP contribution in [0, 0.1) is 12.8 Å². The van der Waals surface area contributed by atoms with Gasteiger partial charge in [0.05, 0.1) is 0 Å². The van der Waals surface area contributed by atoms with Gasteiger partial charge in [0.15, 0.2) is 0 Å². The van der Waals surface area contributed by atoms with Crippen LogP contribution in [-0.4, -0.2) is 29.6 Å². The minimum Gasteiger partial charge on any atom is -0.366 e. The fraction of sp³-hybridized carbons (Fsp3) is 0.400. The fourth-order valence-electron chi connectivity index (χ4n) is 3.25. The van der Waals surface area contributed by atoms with Crippen LogP contribution in [0.1, 0.15) is 24.1 Å². The van der Waals surface area contributed by atoms with Crippen molar-refractivity contribution in [3.8, 4) is 0 Å². The Labute approximate surface area is 144 Å². The van der Waals surface area contributed by atoms with Crippen molar-refractivity contribution in [2.75, 3.05) is 29.9 Å². The zero-order valence-electron chi connectivity index (χ0n) is 14.4. The lowest BCUT2D eigenvalue weighted by Crippen LogP contribution is -2.35. The van der Waals surface area contributed by atoms with Crippen molar-refractivity contribution < 1.29 is 0 Å². The third-order valence-electron chi connectivity index (χ3n) is 4.53. The van der Waals surface area contributed by atoms with Crippen LogP contribution in [0.2, 0.25) is 0 Å². The summed E-state index contributed by atoms with van der Waals surface area (Å²) in [4.78, 5) is 11.6. The van der Waals surface area contributed by atoms with E-state index in [1.165, 1.54) is 24.8 Å². The summed E-state index contributed by atoms with van der Waals surface area (Å²) in [7, 11) is 0. The van der Waals surface area contributed by atoms with Crippen LogP contribution in [0.15, 0.2) is 49.1 Å². The molecule has 2 aromatic rings. The molecule has 3 rings (SSSR count). The molecule has 0 saturated carbocycles. The summed E-state index contributed by atoms with van der Waals surface area (Å²) >= 11 is 0. The molecule has 1 fully saturated rings. The molecule has 1 aromatic carbocycles. The number of piperidine rings is 1. The number of aryl methyl sites for hydroxylation is 1. The Bertz CT molecular complexity index is 661. The Morgan fingerprint density at radius 3 is 2.67 bits per heavy atom. The Kier molecular flexibility index (Phi) is 5.47. The molecule has 1 saturated heterocycles. The molecule has 0 atom stereocenters. The highest BCUT2D eigenvalue weighted by atomic mass is 15.3. The van der Waals surface area contributed by atoms with Gasteiger partial charge >= 0.3 is 0 Å². The van der Waals surface area contributed by atoms with Gasteiger partial charge in [-0.3, -0.25) is 0 Å². The van der Waals surface area contributed by atoms with Gasteiger partial charge in [-0.2, -0.15) is 4.98 Å². The van der Waals surface area contributed by atoms with E-state index in [1.807, 2.05) is 19.1 Å². The third kappa shape index (κ3) is 4.34. The summed E-state index contributed by atoms with van der Waals surface area (Å²) in [6.45, 7) is 8.53. The van der Waals surface area contributed by atoms with E-state index in [1.54, 1.807) is 0 Å². The van der Waals surface area contributed by atoms with Crippen molar-refractivity contribution in [3.63, 3.8) is 0 Å². The smallest absolute Gasteiger partial charge is 0.227 e. The predicted octanol–water partition coefficient (Wildman–Crippen LogP) is 3.84. The molecule has 1 aliphatic rings. The lowest BCUT2D eigenvalue weighted by Gasteiger charge is -2.32. The van der Waals surface area contributed by atoms with Gasteiger partial charge in [0.25, 0.3) is 0 Å². The van der Waals surface area contributed by atoms with Gasteiger partial charge in [-0.1, -0.05) is 36.4 Å². The van der Waals surface area contributed by atoms with Crippen LogP contribution < -0.4 is 10.2 Å². The first-order chi connectivity index (χ1) is 11.7. The highest BCUT2D eigenvalue weighted by Crippen LogP contribution is 2.24. The molecule has 1 aliphatic heterocycles. The van der Waals surface area contributed by atoms with E-state index in [4.69, 9.17) is 0 Å². The lowest BCUT2D eigenvalue weighted by molar-refractivity contribution is 0.400. The molecule has 1 N–H and O–H groups in total. The largest absolute Gasteiger partial charge is 0.366 e. The van der Waals surface area contributed by atoms with Crippen molar-refractivity contribution in [3.05, 3.63) is 60.3 Å². The van der Waals surface area contributed by atoms with Gasteiger partial charge in [0.1, 0.15) is 5.82 Å². The third-order valence-corrected chi connectivity index (χ3v) is 4.53. The SMILES string of the molecule is C=CCNc1cc(C)nc(N2CCC(Cc3ccccc3)CC2)n1. The first kappa shape index (κ1) is 16.5.